The quantitative estimate of drug-likeness (QED) is 0.816. The molecule has 0 aliphatic heterocycles. The number of aryl methyl sites for hydroxylation is 3. The maximum Gasteiger partial charge on any atom is 0.188 e. The first kappa shape index (κ1) is 10.8. The van der Waals surface area contributed by atoms with Crippen molar-refractivity contribution in [2.45, 2.75) is 27.3 Å². The largest absolute Gasteiger partial charge is 0.324 e. The van der Waals surface area contributed by atoms with Crippen LogP contribution in [0.1, 0.15) is 22.5 Å². The minimum Gasteiger partial charge on any atom is -0.324 e. The summed E-state index contributed by atoms with van der Waals surface area (Å²) in [4.78, 5) is 1.55. The summed E-state index contributed by atoms with van der Waals surface area (Å²) < 4.78 is 0. The molecule has 1 heterocycles. The van der Waals surface area contributed by atoms with Crippen LogP contribution in [0, 0.1) is 20.8 Å². The summed E-state index contributed by atoms with van der Waals surface area (Å²) in [5.74, 6) is 0.555. The van der Waals surface area contributed by atoms with Gasteiger partial charge in [0.15, 0.2) is 5.82 Å². The van der Waals surface area contributed by atoms with Gasteiger partial charge in [0.1, 0.15) is 0 Å². The van der Waals surface area contributed by atoms with Crippen molar-refractivity contribution in [2.24, 2.45) is 5.73 Å². The Labute approximate surface area is 94.3 Å². The van der Waals surface area contributed by atoms with E-state index in [1.165, 1.54) is 5.56 Å². The van der Waals surface area contributed by atoms with Gasteiger partial charge in [0.25, 0.3) is 0 Å². The molecule has 5 heteroatoms. The van der Waals surface area contributed by atoms with Gasteiger partial charge in [-0.05, 0) is 37.1 Å². The first-order chi connectivity index (χ1) is 7.61. The highest BCUT2D eigenvalue weighted by molar-refractivity contribution is 5.47. The molecule has 0 saturated heterocycles. The van der Waals surface area contributed by atoms with Gasteiger partial charge in [-0.15, -0.1) is 15.0 Å². The zero-order chi connectivity index (χ0) is 11.7. The Hall–Kier alpha value is -1.75. The maximum atomic E-state index is 5.46. The van der Waals surface area contributed by atoms with Gasteiger partial charge in [-0.3, -0.25) is 0 Å². The molecule has 2 N–H and O–H groups in total. The monoisotopic (exact) mass is 217 g/mol. The van der Waals surface area contributed by atoms with Gasteiger partial charge in [-0.1, -0.05) is 17.7 Å². The summed E-state index contributed by atoms with van der Waals surface area (Å²) in [6.45, 7) is 6.47. The first-order valence-corrected chi connectivity index (χ1v) is 5.19. The lowest BCUT2D eigenvalue weighted by Gasteiger charge is -2.08. The average Bonchev–Trinajstić information content (AvgIpc) is 2.64. The molecule has 0 bridgehead atoms. The fourth-order valence-electron chi connectivity index (χ4n) is 1.91. The lowest BCUT2D eigenvalue weighted by atomic mass is 10.1. The van der Waals surface area contributed by atoms with Crippen LogP contribution in [0.2, 0.25) is 0 Å². The summed E-state index contributed by atoms with van der Waals surface area (Å²) in [6, 6.07) is 4.21. The smallest absolute Gasteiger partial charge is 0.188 e. The van der Waals surface area contributed by atoms with Crippen molar-refractivity contribution in [3.05, 3.63) is 34.6 Å². The molecular formula is C11H15N5. The van der Waals surface area contributed by atoms with Crippen LogP contribution in [0.4, 0.5) is 0 Å². The molecule has 0 amide bonds. The molecule has 5 nitrogen and oxygen atoms in total. The zero-order valence-corrected chi connectivity index (χ0v) is 9.73. The van der Waals surface area contributed by atoms with E-state index >= 15 is 0 Å². The van der Waals surface area contributed by atoms with Gasteiger partial charge in [0.05, 0.1) is 12.2 Å². The number of hydrogen-bond acceptors (Lipinski definition) is 4. The fraction of sp³-hybridized carbons (Fsp3) is 0.364. The highest BCUT2D eigenvalue weighted by atomic mass is 15.6. The molecule has 0 fully saturated rings. The molecular weight excluding hydrogens is 202 g/mol. The number of nitrogens with two attached hydrogens (primary N) is 1. The first-order valence-electron chi connectivity index (χ1n) is 5.19. The Kier molecular flexibility index (Phi) is 2.70. The van der Waals surface area contributed by atoms with Crippen LogP contribution in [0.25, 0.3) is 5.69 Å². The minimum absolute atomic E-state index is 0.309. The third-order valence-electron chi connectivity index (χ3n) is 2.47. The van der Waals surface area contributed by atoms with Crippen LogP contribution in [-0.4, -0.2) is 20.2 Å². The predicted octanol–water partition coefficient (Wildman–Crippen LogP) is 1.05. The van der Waals surface area contributed by atoms with E-state index in [1.54, 1.807) is 4.80 Å². The van der Waals surface area contributed by atoms with Gasteiger partial charge < -0.3 is 5.73 Å². The number of aromatic nitrogens is 4. The lowest BCUT2D eigenvalue weighted by molar-refractivity contribution is 0.709. The number of tetrazole rings is 1. The topological polar surface area (TPSA) is 69.6 Å². The molecule has 0 unspecified atom stereocenters. The fourth-order valence-corrected chi connectivity index (χ4v) is 1.91. The summed E-state index contributed by atoms with van der Waals surface area (Å²) >= 11 is 0. The van der Waals surface area contributed by atoms with E-state index in [1.807, 2.05) is 13.8 Å². The van der Waals surface area contributed by atoms with E-state index < -0.39 is 0 Å². The Morgan fingerprint density at radius 1 is 1.19 bits per heavy atom. The molecule has 0 spiro atoms. The molecule has 1 aromatic heterocycles. The van der Waals surface area contributed by atoms with Gasteiger partial charge in [-0.25, -0.2) is 0 Å². The molecule has 16 heavy (non-hydrogen) atoms. The van der Waals surface area contributed by atoms with Crippen LogP contribution in [0.5, 0.6) is 0 Å². The van der Waals surface area contributed by atoms with Crippen molar-refractivity contribution in [2.75, 3.05) is 0 Å². The van der Waals surface area contributed by atoms with Crippen LogP contribution in [-0.2, 0) is 6.54 Å². The number of nitrogens with zero attached hydrogens (tertiary/aromatic N) is 4. The van der Waals surface area contributed by atoms with Crippen LogP contribution in [0.3, 0.4) is 0 Å². The third kappa shape index (κ3) is 1.81. The SMILES string of the molecule is Cc1cc(C)c(-n2nnc(CN)n2)c(C)c1. The molecule has 1 aromatic carbocycles. The second kappa shape index (κ2) is 4.02. The Balaban J connectivity index is 2.55. The van der Waals surface area contributed by atoms with Gasteiger partial charge >= 0.3 is 0 Å². The van der Waals surface area contributed by atoms with Crippen LogP contribution in [0.15, 0.2) is 12.1 Å². The van der Waals surface area contributed by atoms with Crippen LogP contribution < -0.4 is 5.73 Å². The molecule has 0 saturated carbocycles. The van der Waals surface area contributed by atoms with Crippen LogP contribution >= 0.6 is 0 Å². The summed E-state index contributed by atoms with van der Waals surface area (Å²) in [5, 5.41) is 12.1. The van der Waals surface area contributed by atoms with Crippen molar-refractivity contribution in [1.82, 2.24) is 20.2 Å². The molecule has 84 valence electrons. The predicted molar refractivity (Wildman–Crippen MR) is 61.3 cm³/mol. The second-order valence-corrected chi connectivity index (χ2v) is 3.95. The third-order valence-corrected chi connectivity index (χ3v) is 2.47. The highest BCUT2D eigenvalue weighted by Gasteiger charge is 2.09. The summed E-state index contributed by atoms with van der Waals surface area (Å²) in [5.41, 5.74) is 9.96. The highest BCUT2D eigenvalue weighted by Crippen LogP contribution is 2.18. The molecule has 0 aliphatic rings. The standard InChI is InChI=1S/C11H15N5/c1-7-4-8(2)11(9(3)5-7)16-14-10(6-12)13-15-16/h4-5H,6,12H2,1-3H3. The van der Waals surface area contributed by atoms with Crippen molar-refractivity contribution in [3.63, 3.8) is 0 Å². The van der Waals surface area contributed by atoms with Gasteiger partial charge in [0.2, 0.25) is 0 Å². The van der Waals surface area contributed by atoms with E-state index in [2.05, 4.69) is 34.5 Å². The van der Waals surface area contributed by atoms with Crippen molar-refractivity contribution in [3.8, 4) is 5.69 Å². The second-order valence-electron chi connectivity index (χ2n) is 3.95. The maximum absolute atomic E-state index is 5.46. The molecule has 0 radical (unpaired) electrons. The zero-order valence-electron chi connectivity index (χ0n) is 9.73. The number of rotatable bonds is 2. The van der Waals surface area contributed by atoms with Crippen molar-refractivity contribution < 1.29 is 0 Å². The number of benzene rings is 1. The van der Waals surface area contributed by atoms with E-state index in [0.717, 1.165) is 16.8 Å². The number of hydrogen-bond donors (Lipinski definition) is 1. The van der Waals surface area contributed by atoms with E-state index in [4.69, 9.17) is 5.73 Å². The summed E-state index contributed by atoms with van der Waals surface area (Å²) in [6.07, 6.45) is 0. The minimum atomic E-state index is 0.309. The Morgan fingerprint density at radius 3 is 2.31 bits per heavy atom. The van der Waals surface area contributed by atoms with Gasteiger partial charge in [-0.2, -0.15) is 0 Å². The summed E-state index contributed by atoms with van der Waals surface area (Å²) in [7, 11) is 0. The van der Waals surface area contributed by atoms with Gasteiger partial charge in [0, 0.05) is 0 Å². The lowest BCUT2D eigenvalue weighted by Crippen LogP contribution is -2.05. The molecule has 2 rings (SSSR count). The average molecular weight is 217 g/mol. The van der Waals surface area contributed by atoms with E-state index in [9.17, 15) is 0 Å². The molecule has 0 atom stereocenters. The Morgan fingerprint density at radius 2 is 1.81 bits per heavy atom. The van der Waals surface area contributed by atoms with Crippen molar-refractivity contribution >= 4 is 0 Å². The molecule has 2 aromatic rings. The van der Waals surface area contributed by atoms with Crippen molar-refractivity contribution in [1.29, 1.82) is 0 Å². The molecule has 0 aliphatic carbocycles. The van der Waals surface area contributed by atoms with E-state index in [0.29, 0.717) is 12.4 Å². The Bertz CT molecular complexity index is 492. The van der Waals surface area contributed by atoms with E-state index in [-0.39, 0.29) is 0 Å². The normalized spacial score (nSPS) is 10.8.